The molecule has 29 heavy (non-hydrogen) atoms. The van der Waals surface area contributed by atoms with Crippen LogP contribution in [0.15, 0.2) is 42.5 Å². The molecule has 6 nitrogen and oxygen atoms in total. The van der Waals surface area contributed by atoms with Gasteiger partial charge in [0.15, 0.2) is 0 Å². The second-order valence-corrected chi connectivity index (χ2v) is 8.30. The second kappa shape index (κ2) is 8.41. The first-order valence-electron chi connectivity index (χ1n) is 10.6. The molecule has 2 unspecified atom stereocenters. The van der Waals surface area contributed by atoms with Gasteiger partial charge in [0.1, 0.15) is 0 Å². The first-order valence-corrected chi connectivity index (χ1v) is 10.6. The number of hydrogen-bond donors (Lipinski definition) is 1. The van der Waals surface area contributed by atoms with Gasteiger partial charge in [0, 0.05) is 44.8 Å². The summed E-state index contributed by atoms with van der Waals surface area (Å²) in [4.78, 5) is 31.1. The van der Waals surface area contributed by atoms with Crippen LogP contribution in [0.25, 0.3) is 5.57 Å². The highest BCUT2D eigenvalue weighted by molar-refractivity contribution is 5.95. The Labute approximate surface area is 172 Å². The molecule has 0 radical (unpaired) electrons. The molecule has 3 aliphatic rings. The predicted molar refractivity (Wildman–Crippen MR) is 114 cm³/mol. The van der Waals surface area contributed by atoms with E-state index < -0.39 is 0 Å². The third-order valence-corrected chi connectivity index (χ3v) is 6.26. The third-order valence-electron chi connectivity index (χ3n) is 6.26. The lowest BCUT2D eigenvalue weighted by atomic mass is 9.98. The second-order valence-electron chi connectivity index (χ2n) is 8.30. The Morgan fingerprint density at radius 2 is 1.76 bits per heavy atom. The summed E-state index contributed by atoms with van der Waals surface area (Å²) >= 11 is 0. The van der Waals surface area contributed by atoms with Gasteiger partial charge in [-0.25, -0.2) is 4.79 Å². The minimum Gasteiger partial charge on any atom is -0.337 e. The van der Waals surface area contributed by atoms with Gasteiger partial charge in [-0.2, -0.15) is 0 Å². The number of likely N-dealkylation sites (N-methyl/N-ethyl adjacent to an activating group) is 1. The highest BCUT2D eigenvalue weighted by atomic mass is 16.2. The average molecular weight is 395 g/mol. The van der Waals surface area contributed by atoms with Crippen LogP contribution >= 0.6 is 0 Å². The van der Waals surface area contributed by atoms with Crippen molar-refractivity contribution in [1.29, 1.82) is 0 Å². The van der Waals surface area contributed by atoms with Crippen molar-refractivity contribution < 1.29 is 9.59 Å². The van der Waals surface area contributed by atoms with Gasteiger partial charge in [0.2, 0.25) is 0 Å². The number of hydrogen-bond acceptors (Lipinski definition) is 3. The zero-order valence-corrected chi connectivity index (χ0v) is 17.1. The Morgan fingerprint density at radius 3 is 2.41 bits per heavy atom. The quantitative estimate of drug-likeness (QED) is 0.857. The van der Waals surface area contributed by atoms with E-state index in [0.717, 1.165) is 37.8 Å². The molecule has 0 saturated carbocycles. The molecule has 2 heterocycles. The zero-order chi connectivity index (χ0) is 20.4. The van der Waals surface area contributed by atoms with E-state index in [1.54, 1.807) is 4.90 Å². The van der Waals surface area contributed by atoms with E-state index in [2.05, 4.69) is 18.2 Å². The summed E-state index contributed by atoms with van der Waals surface area (Å²) in [6.07, 6.45) is 10.4. The summed E-state index contributed by atoms with van der Waals surface area (Å²) in [5.41, 5.74) is 8.97. The molecule has 6 heteroatoms. The van der Waals surface area contributed by atoms with E-state index in [1.807, 2.05) is 41.1 Å². The molecular weight excluding hydrogens is 364 g/mol. The van der Waals surface area contributed by atoms with E-state index in [9.17, 15) is 9.59 Å². The summed E-state index contributed by atoms with van der Waals surface area (Å²) in [5.74, 6) is 0.00668. The molecule has 2 aliphatic heterocycles. The fourth-order valence-electron chi connectivity index (χ4n) is 4.39. The largest absolute Gasteiger partial charge is 0.337 e. The average Bonchev–Trinajstić information content (AvgIpc) is 3.42. The first kappa shape index (κ1) is 19.7. The predicted octanol–water partition coefficient (Wildman–Crippen LogP) is 2.72. The molecule has 2 fully saturated rings. The zero-order valence-electron chi connectivity index (χ0n) is 17.1. The number of nitrogens with zero attached hydrogens (tertiary/aromatic N) is 3. The Hall–Kier alpha value is -2.60. The Morgan fingerprint density at radius 1 is 1.03 bits per heavy atom. The molecule has 0 bridgehead atoms. The monoisotopic (exact) mass is 394 g/mol. The van der Waals surface area contributed by atoms with Crippen LogP contribution in [0.1, 0.15) is 41.6 Å². The summed E-state index contributed by atoms with van der Waals surface area (Å²) in [5, 5.41) is 0. The van der Waals surface area contributed by atoms with Crippen molar-refractivity contribution in [3.05, 3.63) is 53.6 Å². The number of allylic oxidation sites excluding steroid dienone is 4. The highest BCUT2D eigenvalue weighted by Crippen LogP contribution is 2.23. The fourth-order valence-corrected chi connectivity index (χ4v) is 4.39. The standard InChI is InChI=1S/C23H30N4O2/c1-25(21-12-14-27(16-21)23(29)26-13-11-20(24)15-26)22(28)19-9-7-18(8-10-19)17-5-3-2-4-6-17/h3,5-10,20-21H,2,4,11-16,24H2,1H3. The third kappa shape index (κ3) is 4.22. The molecule has 2 saturated heterocycles. The van der Waals surface area contributed by atoms with E-state index in [0.29, 0.717) is 25.2 Å². The van der Waals surface area contributed by atoms with Gasteiger partial charge in [0.05, 0.1) is 6.04 Å². The fraction of sp³-hybridized carbons (Fsp3) is 0.478. The van der Waals surface area contributed by atoms with Crippen molar-refractivity contribution in [3.63, 3.8) is 0 Å². The maximum atomic E-state index is 13.0. The molecule has 3 amide bonds. The number of urea groups is 1. The van der Waals surface area contributed by atoms with Gasteiger partial charge in [-0.3, -0.25) is 4.79 Å². The van der Waals surface area contributed by atoms with E-state index in [-0.39, 0.29) is 24.0 Å². The van der Waals surface area contributed by atoms with Crippen LogP contribution in [0, 0.1) is 0 Å². The maximum absolute atomic E-state index is 13.0. The van der Waals surface area contributed by atoms with Crippen LogP contribution < -0.4 is 5.73 Å². The number of benzene rings is 1. The van der Waals surface area contributed by atoms with E-state index in [4.69, 9.17) is 5.73 Å². The van der Waals surface area contributed by atoms with Gasteiger partial charge < -0.3 is 20.4 Å². The van der Waals surface area contributed by atoms with Crippen molar-refractivity contribution in [3.8, 4) is 0 Å². The first-order chi connectivity index (χ1) is 14.0. The van der Waals surface area contributed by atoms with Crippen LogP contribution in [-0.4, -0.2) is 71.9 Å². The molecule has 0 aromatic heterocycles. The molecule has 1 aromatic carbocycles. The van der Waals surface area contributed by atoms with Crippen LogP contribution in [-0.2, 0) is 0 Å². The van der Waals surface area contributed by atoms with Crippen molar-refractivity contribution in [2.24, 2.45) is 5.73 Å². The summed E-state index contributed by atoms with van der Waals surface area (Å²) in [6, 6.07) is 8.03. The lowest BCUT2D eigenvalue weighted by molar-refractivity contribution is 0.0735. The van der Waals surface area contributed by atoms with Gasteiger partial charge in [-0.15, -0.1) is 0 Å². The molecule has 1 aliphatic carbocycles. The summed E-state index contributed by atoms with van der Waals surface area (Å²) in [7, 11) is 1.84. The summed E-state index contributed by atoms with van der Waals surface area (Å²) < 4.78 is 0. The SMILES string of the molecule is CN(C(=O)c1ccc(C2=CCCC=C2)cc1)C1CCN(C(=O)N2CCC(N)C2)C1. The minimum absolute atomic E-state index is 0.00668. The molecule has 0 spiro atoms. The normalized spacial score (nSPS) is 24.0. The number of amides is 3. The van der Waals surface area contributed by atoms with Gasteiger partial charge in [0.25, 0.3) is 5.91 Å². The number of likely N-dealkylation sites (tertiary alicyclic amines) is 2. The molecule has 1 aromatic rings. The number of carbonyl (C=O) groups excluding carboxylic acids is 2. The van der Waals surface area contributed by atoms with Crippen molar-refractivity contribution in [2.75, 3.05) is 33.2 Å². The number of carbonyl (C=O) groups is 2. The van der Waals surface area contributed by atoms with Crippen LogP contribution in [0.3, 0.4) is 0 Å². The van der Waals surface area contributed by atoms with Crippen LogP contribution in [0.2, 0.25) is 0 Å². The Balaban J connectivity index is 1.36. The van der Waals surface area contributed by atoms with E-state index in [1.165, 1.54) is 5.57 Å². The maximum Gasteiger partial charge on any atom is 0.320 e. The van der Waals surface area contributed by atoms with Gasteiger partial charge in [-0.05, 0) is 49.0 Å². The van der Waals surface area contributed by atoms with Crippen LogP contribution in [0.4, 0.5) is 4.79 Å². The van der Waals surface area contributed by atoms with Gasteiger partial charge in [-0.1, -0.05) is 30.4 Å². The molecule has 2 N–H and O–H groups in total. The van der Waals surface area contributed by atoms with Gasteiger partial charge >= 0.3 is 6.03 Å². The lowest BCUT2D eigenvalue weighted by Gasteiger charge is -2.27. The molecular formula is C23H30N4O2. The number of nitrogens with two attached hydrogens (primary N) is 1. The van der Waals surface area contributed by atoms with Crippen molar-refractivity contribution in [1.82, 2.24) is 14.7 Å². The van der Waals surface area contributed by atoms with Crippen LogP contribution in [0.5, 0.6) is 0 Å². The van der Waals surface area contributed by atoms with Crippen molar-refractivity contribution >= 4 is 17.5 Å². The lowest BCUT2D eigenvalue weighted by Crippen LogP contribution is -2.44. The topological polar surface area (TPSA) is 69.9 Å². The van der Waals surface area contributed by atoms with E-state index >= 15 is 0 Å². The Bertz CT molecular complexity index is 830. The molecule has 4 rings (SSSR count). The smallest absolute Gasteiger partial charge is 0.320 e. The number of rotatable bonds is 3. The van der Waals surface area contributed by atoms with Crippen molar-refractivity contribution in [2.45, 2.75) is 37.8 Å². The summed E-state index contributed by atoms with van der Waals surface area (Å²) in [6.45, 7) is 2.63. The Kier molecular flexibility index (Phi) is 5.72. The minimum atomic E-state index is 0.00668. The highest BCUT2D eigenvalue weighted by Gasteiger charge is 2.35. The molecule has 154 valence electrons. The molecule has 2 atom stereocenters.